The number of amides is 2. The van der Waals surface area contributed by atoms with E-state index in [1.165, 1.54) is 0 Å². The second kappa shape index (κ2) is 41.8. The normalized spacial score (nSPS) is 34.2. The number of rotatable bonds is 25. The van der Waals surface area contributed by atoms with Crippen molar-refractivity contribution in [3.63, 3.8) is 0 Å². The first-order chi connectivity index (χ1) is 44.1. The highest BCUT2D eigenvalue weighted by Gasteiger charge is 2.53. The number of cyclic esters (lactones) is 1. The zero-order valence-electron chi connectivity index (χ0n) is 56.7. The summed E-state index contributed by atoms with van der Waals surface area (Å²) < 4.78 is 58.1. The third kappa shape index (κ3) is 25.8. The van der Waals surface area contributed by atoms with Crippen LogP contribution in [0.25, 0.3) is 0 Å². The molecule has 0 aromatic rings. The van der Waals surface area contributed by atoms with Gasteiger partial charge in [-0.1, -0.05) is 64.2 Å². The highest BCUT2D eigenvalue weighted by atomic mass is 16.6. The van der Waals surface area contributed by atoms with Crippen molar-refractivity contribution < 1.29 is 91.8 Å². The minimum Gasteiger partial charge on any atom is -0.459 e. The highest BCUT2D eigenvalue weighted by Crippen LogP contribution is 2.38. The van der Waals surface area contributed by atoms with Crippen LogP contribution in [0.1, 0.15) is 126 Å². The average Bonchev–Trinajstić information content (AvgIpc) is 0.805. The average molecular weight is 1310 g/mol. The van der Waals surface area contributed by atoms with E-state index in [4.69, 9.17) is 53.1 Å². The number of alkyl carbamates (subject to hydrolysis) is 1. The quantitative estimate of drug-likeness (QED) is 0.0318. The molecule has 5 rings (SSSR count). The highest BCUT2D eigenvalue weighted by molar-refractivity contribution is 6.39. The first-order valence-corrected chi connectivity index (χ1v) is 33.9. The number of allylic oxidation sites excluding steroid dienone is 5. The van der Waals surface area contributed by atoms with Crippen LogP contribution in [0, 0.1) is 29.6 Å². The Morgan fingerprint density at radius 2 is 1.36 bits per heavy atom. The van der Waals surface area contributed by atoms with Gasteiger partial charge in [0.25, 0.3) is 11.7 Å². The van der Waals surface area contributed by atoms with Crippen LogP contribution in [-0.4, -0.2) is 264 Å². The summed E-state index contributed by atoms with van der Waals surface area (Å²) in [7, 11) is 3.10. The summed E-state index contributed by atoms with van der Waals surface area (Å²) in [6, 6.07) is -2.11. The van der Waals surface area contributed by atoms with Gasteiger partial charge in [0.2, 0.25) is 5.79 Å². The predicted octanol–water partition coefficient (Wildman–Crippen LogP) is 4.46. The van der Waals surface area contributed by atoms with E-state index in [1.807, 2.05) is 51.2 Å². The number of nitrogens with two attached hydrogens (primary N) is 1. The molecule has 0 aromatic heterocycles. The first kappa shape index (κ1) is 78.6. The SMILES string of the molecule is CCOCCOCCOCCN1CCN(CCOCCOCCNC(=O)O[C@@H]2CC[C@@H](C[C@@H](N)[C@@H]3C[C@@H](O)[C@H](C)/C=C(\C)[C@@H](O)[C@@H](O)C(=O)[C@H](C)C[C@H](C)/C=C/C=C/C=C(\C)[C@@H](OC)C[C@@H]4CC[C@@H](C)[C@@](O)(O4)C(=O)C(=O)N4CCCC[C@H]4C(=O)O3)C[C@H]2OC)CC1. The van der Waals surface area contributed by atoms with Crippen molar-refractivity contribution in [2.75, 3.05) is 133 Å². The molecule has 24 nitrogen and oxygen atoms in total. The van der Waals surface area contributed by atoms with Gasteiger partial charge in [0.15, 0.2) is 5.78 Å². The van der Waals surface area contributed by atoms with Crippen LogP contribution in [0.2, 0.25) is 0 Å². The Morgan fingerprint density at radius 1 is 0.717 bits per heavy atom. The smallest absolute Gasteiger partial charge is 0.407 e. The fourth-order valence-electron chi connectivity index (χ4n) is 12.9. The molecule has 2 bridgehead atoms. The number of carbonyl (C=O) groups is 5. The van der Waals surface area contributed by atoms with Gasteiger partial charge in [-0.15, -0.1) is 0 Å². The number of piperazine rings is 1. The third-order valence-corrected chi connectivity index (χ3v) is 18.8. The third-order valence-electron chi connectivity index (χ3n) is 18.8. The minimum atomic E-state index is -2.48. The number of Topliss-reactive ketones (excluding diaryl/α,β-unsaturated/α-hetero) is 2. The number of hydrogen-bond donors (Lipinski definition) is 6. The van der Waals surface area contributed by atoms with Crippen molar-refractivity contribution in [2.45, 2.75) is 192 Å². The summed E-state index contributed by atoms with van der Waals surface area (Å²) in [5, 5.41) is 49.2. The Morgan fingerprint density at radius 3 is 2.00 bits per heavy atom. The van der Waals surface area contributed by atoms with Crippen LogP contribution in [0.15, 0.2) is 47.6 Å². The number of ketones is 2. The van der Waals surface area contributed by atoms with Crippen LogP contribution in [0.4, 0.5) is 4.79 Å². The van der Waals surface area contributed by atoms with E-state index in [0.717, 1.165) is 49.7 Å². The van der Waals surface area contributed by atoms with Crippen molar-refractivity contribution in [3.8, 4) is 0 Å². The molecule has 3 saturated heterocycles. The second-order valence-corrected chi connectivity index (χ2v) is 25.9. The molecule has 526 valence electrons. The van der Waals surface area contributed by atoms with Crippen LogP contribution in [-0.2, 0) is 66.5 Å². The van der Waals surface area contributed by atoms with E-state index < -0.39 is 114 Å². The van der Waals surface area contributed by atoms with E-state index in [-0.39, 0.29) is 56.4 Å². The number of nitrogens with zero attached hydrogens (tertiary/aromatic N) is 3. The molecule has 92 heavy (non-hydrogen) atoms. The van der Waals surface area contributed by atoms with E-state index in [9.17, 15) is 44.4 Å². The number of fused-ring (bicyclic) bond motifs is 3. The lowest BCUT2D eigenvalue weighted by atomic mass is 9.80. The maximum Gasteiger partial charge on any atom is 0.407 e. The Balaban J connectivity index is 1.16. The molecule has 24 heteroatoms. The summed E-state index contributed by atoms with van der Waals surface area (Å²) in [6.45, 7) is 23.7. The molecular formula is C68H115N5O19. The Bertz CT molecular complexity index is 2340. The lowest BCUT2D eigenvalue weighted by Gasteiger charge is -2.42. The molecule has 2 amide bonds. The van der Waals surface area contributed by atoms with Gasteiger partial charge in [-0.05, 0) is 108 Å². The topological polar surface area (TPSA) is 306 Å². The number of carbonyl (C=O) groups excluding carboxylic acids is 5. The summed E-state index contributed by atoms with van der Waals surface area (Å²) in [4.78, 5) is 75.9. The van der Waals surface area contributed by atoms with Gasteiger partial charge in [0.05, 0.1) is 83.9 Å². The summed E-state index contributed by atoms with van der Waals surface area (Å²) in [5.74, 6) is -8.33. The lowest BCUT2D eigenvalue weighted by molar-refractivity contribution is -0.265. The van der Waals surface area contributed by atoms with E-state index >= 15 is 0 Å². The molecule has 0 radical (unpaired) electrons. The van der Waals surface area contributed by atoms with Crippen LogP contribution < -0.4 is 11.1 Å². The molecular weight excluding hydrogens is 1190 g/mol. The van der Waals surface area contributed by atoms with Gasteiger partial charge in [0, 0.05) is 110 Å². The number of methoxy groups -OCH3 is 2. The fourth-order valence-corrected chi connectivity index (χ4v) is 12.9. The van der Waals surface area contributed by atoms with Gasteiger partial charge in [-0.2, -0.15) is 0 Å². The molecule has 0 unspecified atom stereocenters. The summed E-state index contributed by atoms with van der Waals surface area (Å²) >= 11 is 0. The summed E-state index contributed by atoms with van der Waals surface area (Å²) in [6.07, 6.45) is 6.74. The maximum absolute atomic E-state index is 14.6. The minimum absolute atomic E-state index is 0.0306. The Kier molecular flexibility index (Phi) is 35.7. The van der Waals surface area contributed by atoms with Crippen LogP contribution in [0.3, 0.4) is 0 Å². The molecule has 4 heterocycles. The zero-order chi connectivity index (χ0) is 67.2. The van der Waals surface area contributed by atoms with Crippen molar-refractivity contribution >= 4 is 29.5 Å². The Hall–Kier alpha value is -4.09. The first-order valence-electron chi connectivity index (χ1n) is 33.9. The van der Waals surface area contributed by atoms with Gasteiger partial charge >= 0.3 is 12.1 Å². The molecule has 4 aliphatic heterocycles. The number of piperidine rings is 1. The monoisotopic (exact) mass is 1310 g/mol. The molecule has 7 N–H and O–H groups in total. The number of nitrogens with one attached hydrogen (secondary N) is 1. The zero-order valence-corrected chi connectivity index (χ0v) is 56.7. The summed E-state index contributed by atoms with van der Waals surface area (Å²) in [5.41, 5.74) is 8.13. The molecule has 4 fully saturated rings. The Labute approximate surface area is 547 Å². The molecule has 5 aliphatic rings. The van der Waals surface area contributed by atoms with Crippen molar-refractivity contribution in [3.05, 3.63) is 47.6 Å². The van der Waals surface area contributed by atoms with Crippen LogP contribution in [0.5, 0.6) is 0 Å². The number of aliphatic hydroxyl groups is 4. The van der Waals surface area contributed by atoms with Crippen molar-refractivity contribution in [2.24, 2.45) is 35.3 Å². The van der Waals surface area contributed by atoms with E-state index in [2.05, 4.69) is 15.1 Å². The molecule has 1 saturated carbocycles. The molecule has 1 aliphatic carbocycles. The lowest BCUT2D eigenvalue weighted by Crippen LogP contribution is -2.61. The largest absolute Gasteiger partial charge is 0.459 e. The molecule has 0 spiro atoms. The standard InChI is InChI=1S/C68H115N5O19/c1-10-85-34-35-89-39-38-88-33-30-72-27-25-71(26-28-72)29-32-87-37-36-86-31-23-70-67(81)91-57-22-20-52(43-60(57)84-9)42-54(69)59-45-56(74)48(4)41-50(6)62(76)63(77)61(75)49(5)40-46(2)16-12-11-13-17-47(3)58(83-8)44-53-21-19-51(7)68(82,92-53)64(78)65(79)73-24-15-14-18-55(73)66(80)90-59/h11-13,16-17,41,46,48-49,51-60,62-63,74,76-77,82H,10,14-15,18-40,42-45,69H2,1-9H3,(H,70,81)/b13-11+,16-12+,47-17+,50-41+/t46-,48-,49-,51-,52+,53+,54-,55+,56-,57-,58+,59+,60-,62-,63+,68-/m1/s1. The number of ether oxygens (including phenoxy) is 10. The second-order valence-electron chi connectivity index (χ2n) is 25.9. The van der Waals surface area contributed by atoms with Crippen molar-refractivity contribution in [1.29, 1.82) is 0 Å². The molecule has 0 aromatic carbocycles. The number of aliphatic hydroxyl groups excluding tert-OH is 3. The number of esters is 1. The maximum atomic E-state index is 14.6. The van der Waals surface area contributed by atoms with Gasteiger partial charge in [0.1, 0.15) is 30.5 Å². The van der Waals surface area contributed by atoms with Gasteiger partial charge in [-0.25, -0.2) is 9.59 Å². The van der Waals surface area contributed by atoms with Gasteiger partial charge in [-0.3, -0.25) is 24.2 Å². The number of hydrogen-bond acceptors (Lipinski definition) is 22. The van der Waals surface area contributed by atoms with E-state index in [0.29, 0.717) is 117 Å². The van der Waals surface area contributed by atoms with Crippen LogP contribution >= 0.6 is 0 Å². The predicted molar refractivity (Wildman–Crippen MR) is 345 cm³/mol. The molecule has 16 atom stereocenters. The van der Waals surface area contributed by atoms with Crippen molar-refractivity contribution in [1.82, 2.24) is 20.0 Å². The van der Waals surface area contributed by atoms with Gasteiger partial charge < -0.3 is 83.7 Å². The fraction of sp³-hybridized carbons (Fsp3) is 0.809. The van der Waals surface area contributed by atoms with E-state index in [1.54, 1.807) is 48.0 Å².